The maximum absolute atomic E-state index is 13.2. The third-order valence-electron chi connectivity index (χ3n) is 4.91. The van der Waals surface area contributed by atoms with Crippen molar-refractivity contribution in [2.24, 2.45) is 5.92 Å². The molecular formula is C17H23F3N2O. The molecule has 0 bridgehead atoms. The van der Waals surface area contributed by atoms with Crippen molar-refractivity contribution >= 4 is 5.69 Å². The van der Waals surface area contributed by atoms with Gasteiger partial charge in [-0.05, 0) is 37.8 Å². The maximum atomic E-state index is 13.2. The van der Waals surface area contributed by atoms with Crippen LogP contribution < -0.4 is 10.2 Å². The molecule has 6 heteroatoms. The fraction of sp³-hybridized carbons (Fsp3) is 0.647. The van der Waals surface area contributed by atoms with Gasteiger partial charge in [-0.25, -0.2) is 0 Å². The van der Waals surface area contributed by atoms with Gasteiger partial charge in [-0.2, -0.15) is 13.2 Å². The van der Waals surface area contributed by atoms with Gasteiger partial charge in [-0.1, -0.05) is 12.1 Å². The van der Waals surface area contributed by atoms with Crippen LogP contribution in [0.1, 0.15) is 25.3 Å². The Hall–Kier alpha value is -1.27. The average Bonchev–Trinajstić information content (AvgIpc) is 3.18. The lowest BCUT2D eigenvalue weighted by atomic mass is 10.00. The van der Waals surface area contributed by atoms with Crippen LogP contribution in [0.4, 0.5) is 18.9 Å². The normalized spacial score (nSPS) is 26.7. The Morgan fingerprint density at radius 1 is 1.26 bits per heavy atom. The minimum absolute atomic E-state index is 0.229. The monoisotopic (exact) mass is 328 g/mol. The van der Waals surface area contributed by atoms with Crippen LogP contribution in [0, 0.1) is 5.92 Å². The zero-order chi connectivity index (χ0) is 16.4. The summed E-state index contributed by atoms with van der Waals surface area (Å²) in [5.74, 6) is 0.506. The molecule has 0 aliphatic carbocycles. The van der Waals surface area contributed by atoms with Gasteiger partial charge in [-0.15, -0.1) is 0 Å². The number of benzene rings is 1. The van der Waals surface area contributed by atoms with E-state index in [0.717, 1.165) is 32.1 Å². The number of ether oxygens (including phenoxy) is 1. The molecule has 0 unspecified atom stereocenters. The highest BCUT2D eigenvalue weighted by atomic mass is 19.4. The van der Waals surface area contributed by atoms with Crippen LogP contribution in [0.25, 0.3) is 0 Å². The molecule has 0 aromatic heterocycles. The molecule has 1 aromatic carbocycles. The highest BCUT2D eigenvalue weighted by Crippen LogP contribution is 2.37. The molecule has 2 fully saturated rings. The summed E-state index contributed by atoms with van der Waals surface area (Å²) >= 11 is 0. The molecule has 3 atom stereocenters. The number of para-hydroxylation sites is 1. The summed E-state index contributed by atoms with van der Waals surface area (Å²) < 4.78 is 44.9. The van der Waals surface area contributed by atoms with Gasteiger partial charge in [0.2, 0.25) is 0 Å². The number of nitrogens with one attached hydrogen (secondary N) is 1. The molecule has 2 heterocycles. The van der Waals surface area contributed by atoms with Crippen LogP contribution >= 0.6 is 0 Å². The molecule has 2 saturated heterocycles. The van der Waals surface area contributed by atoms with E-state index >= 15 is 0 Å². The second-order valence-electron chi connectivity index (χ2n) is 6.53. The molecule has 0 radical (unpaired) electrons. The Morgan fingerprint density at radius 3 is 2.74 bits per heavy atom. The number of rotatable bonds is 4. The van der Waals surface area contributed by atoms with Crippen molar-refractivity contribution in [2.75, 3.05) is 31.2 Å². The molecule has 23 heavy (non-hydrogen) atoms. The molecule has 2 aliphatic rings. The Kier molecular flexibility index (Phi) is 4.82. The van der Waals surface area contributed by atoms with Gasteiger partial charge in [0, 0.05) is 37.5 Å². The first-order valence-corrected chi connectivity index (χ1v) is 8.20. The number of hydrogen-bond donors (Lipinski definition) is 1. The zero-order valence-electron chi connectivity index (χ0n) is 13.3. The van der Waals surface area contributed by atoms with Crippen molar-refractivity contribution in [2.45, 2.75) is 38.0 Å². The quantitative estimate of drug-likeness (QED) is 0.918. The number of hydrogen-bond acceptors (Lipinski definition) is 3. The van der Waals surface area contributed by atoms with E-state index in [1.165, 1.54) is 6.07 Å². The van der Waals surface area contributed by atoms with Crippen molar-refractivity contribution in [1.29, 1.82) is 0 Å². The Bertz CT molecular complexity index is 529. The number of halogens is 3. The lowest BCUT2D eigenvalue weighted by Gasteiger charge is -2.26. The maximum Gasteiger partial charge on any atom is 0.418 e. The highest BCUT2D eigenvalue weighted by Gasteiger charge is 2.36. The summed E-state index contributed by atoms with van der Waals surface area (Å²) in [6.45, 7) is 5.00. The second kappa shape index (κ2) is 6.69. The third-order valence-corrected chi connectivity index (χ3v) is 4.91. The molecule has 128 valence electrons. The molecule has 0 amide bonds. The first kappa shape index (κ1) is 16.6. The van der Waals surface area contributed by atoms with Gasteiger partial charge < -0.3 is 15.0 Å². The number of anilines is 1. The van der Waals surface area contributed by atoms with Crippen LogP contribution in [0.5, 0.6) is 0 Å². The molecule has 3 rings (SSSR count). The van der Waals surface area contributed by atoms with Gasteiger partial charge in [-0.3, -0.25) is 0 Å². The molecule has 3 nitrogen and oxygen atoms in total. The summed E-state index contributed by atoms with van der Waals surface area (Å²) in [6, 6.07) is 6.41. The predicted octanol–water partition coefficient (Wildman–Crippen LogP) is 3.30. The zero-order valence-corrected chi connectivity index (χ0v) is 13.3. The SMILES string of the molecule is C[C@H](N[C@H]1CCN(c2ccccc2C(F)(F)F)C1)[C@@H]1CCOC1. The number of alkyl halides is 3. The Labute approximate surface area is 134 Å². The van der Waals surface area contributed by atoms with Crippen molar-refractivity contribution in [3.63, 3.8) is 0 Å². The largest absolute Gasteiger partial charge is 0.418 e. The highest BCUT2D eigenvalue weighted by molar-refractivity contribution is 5.55. The minimum Gasteiger partial charge on any atom is -0.381 e. The standard InChI is InChI=1S/C17H23F3N2O/c1-12(13-7-9-23-11-13)21-14-6-8-22(10-14)16-5-3-2-4-15(16)17(18,19)20/h2-5,12-14,21H,6-11H2,1H3/t12-,13+,14-/m0/s1. The first-order valence-electron chi connectivity index (χ1n) is 8.20. The van der Waals surface area contributed by atoms with Gasteiger partial charge in [0.1, 0.15) is 0 Å². The Morgan fingerprint density at radius 2 is 2.04 bits per heavy atom. The fourth-order valence-electron chi connectivity index (χ4n) is 3.56. The van der Waals surface area contributed by atoms with Crippen LogP contribution in [-0.4, -0.2) is 38.4 Å². The summed E-state index contributed by atoms with van der Waals surface area (Å²) in [6.07, 6.45) is -2.39. The molecule has 1 aromatic rings. The predicted molar refractivity (Wildman–Crippen MR) is 83.6 cm³/mol. The smallest absolute Gasteiger partial charge is 0.381 e. The average molecular weight is 328 g/mol. The lowest BCUT2D eigenvalue weighted by Crippen LogP contribution is -2.42. The van der Waals surface area contributed by atoms with Crippen LogP contribution in [0.2, 0.25) is 0 Å². The first-order chi connectivity index (χ1) is 10.9. The Balaban J connectivity index is 1.64. The van der Waals surface area contributed by atoms with Crippen LogP contribution in [-0.2, 0) is 10.9 Å². The summed E-state index contributed by atoms with van der Waals surface area (Å²) in [7, 11) is 0. The number of nitrogens with zero attached hydrogens (tertiary/aromatic N) is 1. The van der Waals surface area contributed by atoms with Crippen molar-refractivity contribution < 1.29 is 17.9 Å². The van der Waals surface area contributed by atoms with Gasteiger partial charge in [0.05, 0.1) is 12.2 Å². The van der Waals surface area contributed by atoms with E-state index in [0.29, 0.717) is 30.7 Å². The van der Waals surface area contributed by atoms with Gasteiger partial charge in [0.15, 0.2) is 0 Å². The van der Waals surface area contributed by atoms with Crippen molar-refractivity contribution in [1.82, 2.24) is 5.32 Å². The van der Waals surface area contributed by atoms with Gasteiger partial charge in [0.25, 0.3) is 0 Å². The van der Waals surface area contributed by atoms with E-state index in [9.17, 15) is 13.2 Å². The molecule has 0 spiro atoms. The van der Waals surface area contributed by atoms with E-state index in [1.54, 1.807) is 12.1 Å². The molecule has 1 N–H and O–H groups in total. The van der Waals surface area contributed by atoms with Crippen molar-refractivity contribution in [3.05, 3.63) is 29.8 Å². The van der Waals surface area contributed by atoms with Crippen LogP contribution in [0.3, 0.4) is 0 Å². The van der Waals surface area contributed by atoms with E-state index < -0.39 is 11.7 Å². The van der Waals surface area contributed by atoms with E-state index in [4.69, 9.17) is 4.74 Å². The van der Waals surface area contributed by atoms with E-state index in [-0.39, 0.29) is 6.04 Å². The fourth-order valence-corrected chi connectivity index (χ4v) is 3.56. The second-order valence-corrected chi connectivity index (χ2v) is 6.53. The van der Waals surface area contributed by atoms with E-state index in [2.05, 4.69) is 12.2 Å². The van der Waals surface area contributed by atoms with E-state index in [1.807, 2.05) is 4.90 Å². The van der Waals surface area contributed by atoms with Gasteiger partial charge >= 0.3 is 6.18 Å². The molecule has 2 aliphatic heterocycles. The topological polar surface area (TPSA) is 24.5 Å². The molecular weight excluding hydrogens is 305 g/mol. The lowest BCUT2D eigenvalue weighted by molar-refractivity contribution is -0.137. The summed E-state index contributed by atoms with van der Waals surface area (Å²) in [4.78, 5) is 1.85. The minimum atomic E-state index is -4.31. The van der Waals surface area contributed by atoms with Crippen LogP contribution in [0.15, 0.2) is 24.3 Å². The third kappa shape index (κ3) is 3.80. The summed E-state index contributed by atoms with van der Waals surface area (Å²) in [5, 5.41) is 3.58. The summed E-state index contributed by atoms with van der Waals surface area (Å²) in [5.41, 5.74) is -0.251. The van der Waals surface area contributed by atoms with Crippen molar-refractivity contribution in [3.8, 4) is 0 Å². The molecule has 0 saturated carbocycles.